The highest BCUT2D eigenvalue weighted by molar-refractivity contribution is 5.85. The SMILES string of the molecule is CCOc1ccc(CC(=O)N2CCCC(N3CCNCC3=O)C2)cc1.Cl. The number of likely N-dealkylation sites (tertiary alicyclic amines) is 1. The van der Waals surface area contributed by atoms with Crippen molar-refractivity contribution in [2.75, 3.05) is 39.3 Å². The molecule has 2 amide bonds. The van der Waals surface area contributed by atoms with Gasteiger partial charge < -0.3 is 19.9 Å². The molecule has 2 aliphatic heterocycles. The van der Waals surface area contributed by atoms with Crippen molar-refractivity contribution in [1.29, 1.82) is 0 Å². The van der Waals surface area contributed by atoms with Gasteiger partial charge in [-0.25, -0.2) is 0 Å². The van der Waals surface area contributed by atoms with Gasteiger partial charge in [-0.1, -0.05) is 12.1 Å². The minimum atomic E-state index is 0. The normalized spacial score (nSPS) is 20.5. The zero-order valence-corrected chi connectivity index (χ0v) is 16.1. The molecular weight excluding hydrogens is 354 g/mol. The van der Waals surface area contributed by atoms with E-state index in [9.17, 15) is 9.59 Å². The molecule has 2 aliphatic rings. The molecule has 1 N–H and O–H groups in total. The summed E-state index contributed by atoms with van der Waals surface area (Å²) in [5.74, 6) is 1.11. The van der Waals surface area contributed by atoms with Crippen LogP contribution in [0.25, 0.3) is 0 Å². The van der Waals surface area contributed by atoms with Crippen LogP contribution in [0.1, 0.15) is 25.3 Å². The number of piperidine rings is 1. The average Bonchev–Trinajstić information content (AvgIpc) is 2.64. The Morgan fingerprint density at radius 3 is 2.73 bits per heavy atom. The molecule has 2 fully saturated rings. The van der Waals surface area contributed by atoms with Gasteiger partial charge in [-0.05, 0) is 37.5 Å². The fourth-order valence-corrected chi connectivity index (χ4v) is 3.60. The maximum Gasteiger partial charge on any atom is 0.236 e. The zero-order chi connectivity index (χ0) is 17.6. The molecule has 26 heavy (non-hydrogen) atoms. The van der Waals surface area contributed by atoms with Crippen molar-refractivity contribution >= 4 is 24.2 Å². The van der Waals surface area contributed by atoms with Gasteiger partial charge in [0.05, 0.1) is 19.6 Å². The number of hydrogen-bond acceptors (Lipinski definition) is 4. The van der Waals surface area contributed by atoms with E-state index in [1.165, 1.54) is 0 Å². The van der Waals surface area contributed by atoms with E-state index >= 15 is 0 Å². The van der Waals surface area contributed by atoms with Crippen LogP contribution in [0.3, 0.4) is 0 Å². The predicted molar refractivity (Wildman–Crippen MR) is 103 cm³/mol. The summed E-state index contributed by atoms with van der Waals surface area (Å²) in [7, 11) is 0. The lowest BCUT2D eigenvalue weighted by Crippen LogP contribution is -2.57. The molecule has 1 aromatic rings. The largest absolute Gasteiger partial charge is 0.494 e. The molecule has 1 atom stereocenters. The van der Waals surface area contributed by atoms with Crippen LogP contribution in [0, 0.1) is 0 Å². The summed E-state index contributed by atoms with van der Waals surface area (Å²) in [6.45, 7) is 6.02. The first-order valence-corrected chi connectivity index (χ1v) is 9.17. The number of amides is 2. The summed E-state index contributed by atoms with van der Waals surface area (Å²) in [5, 5.41) is 3.10. The van der Waals surface area contributed by atoms with Crippen LogP contribution in [-0.2, 0) is 16.0 Å². The molecule has 2 saturated heterocycles. The first-order chi connectivity index (χ1) is 12.2. The topological polar surface area (TPSA) is 61.9 Å². The van der Waals surface area contributed by atoms with Crippen LogP contribution in [-0.4, -0.2) is 67.0 Å². The van der Waals surface area contributed by atoms with Crippen molar-refractivity contribution in [2.24, 2.45) is 0 Å². The van der Waals surface area contributed by atoms with Crippen molar-refractivity contribution in [3.8, 4) is 5.75 Å². The third-order valence-electron chi connectivity index (χ3n) is 4.91. The summed E-state index contributed by atoms with van der Waals surface area (Å²) < 4.78 is 5.44. The van der Waals surface area contributed by atoms with Crippen molar-refractivity contribution in [3.63, 3.8) is 0 Å². The molecule has 3 rings (SSSR count). The molecule has 144 valence electrons. The number of nitrogens with zero attached hydrogens (tertiary/aromatic N) is 2. The Hall–Kier alpha value is -1.79. The number of benzene rings is 1. The second-order valence-corrected chi connectivity index (χ2v) is 6.65. The number of halogens is 1. The van der Waals surface area contributed by atoms with Crippen molar-refractivity contribution < 1.29 is 14.3 Å². The minimum absolute atomic E-state index is 0. The maximum absolute atomic E-state index is 12.7. The average molecular weight is 382 g/mol. The number of carbonyl (C=O) groups excluding carboxylic acids is 2. The lowest BCUT2D eigenvalue weighted by atomic mass is 10.0. The standard InChI is InChI=1S/C19H27N3O3.ClH/c1-2-25-17-7-5-15(6-8-17)12-18(23)21-10-3-4-16(14-21)22-11-9-20-13-19(22)24;/h5-8,16,20H,2-4,9-14H2,1H3;1H. The number of rotatable bonds is 5. The summed E-state index contributed by atoms with van der Waals surface area (Å²) in [6, 6.07) is 7.87. The van der Waals surface area contributed by atoms with Crippen molar-refractivity contribution in [2.45, 2.75) is 32.2 Å². The second-order valence-electron chi connectivity index (χ2n) is 6.65. The van der Waals surface area contributed by atoms with E-state index in [0.717, 1.165) is 43.8 Å². The van der Waals surface area contributed by atoms with Crippen LogP contribution in [0.4, 0.5) is 0 Å². The van der Waals surface area contributed by atoms with Crippen LogP contribution in [0.15, 0.2) is 24.3 Å². The lowest BCUT2D eigenvalue weighted by Gasteiger charge is -2.41. The molecule has 7 heteroatoms. The zero-order valence-electron chi connectivity index (χ0n) is 15.3. The molecule has 2 heterocycles. The number of carbonyl (C=O) groups is 2. The lowest BCUT2D eigenvalue weighted by molar-refractivity contribution is -0.140. The Morgan fingerprint density at radius 1 is 1.27 bits per heavy atom. The van der Waals surface area contributed by atoms with E-state index in [1.54, 1.807) is 0 Å². The van der Waals surface area contributed by atoms with Gasteiger partial charge in [-0.15, -0.1) is 12.4 Å². The Bertz CT molecular complexity index is 609. The fourth-order valence-electron chi connectivity index (χ4n) is 3.60. The highest BCUT2D eigenvalue weighted by atomic mass is 35.5. The molecule has 0 radical (unpaired) electrons. The molecule has 0 spiro atoms. The molecule has 1 unspecified atom stereocenters. The Balaban J connectivity index is 0.00000243. The number of ether oxygens (including phenoxy) is 1. The molecular formula is C19H28ClN3O3. The van der Waals surface area contributed by atoms with Gasteiger partial charge in [0.15, 0.2) is 0 Å². The Kier molecular flexibility index (Phi) is 7.72. The third kappa shape index (κ3) is 5.11. The first kappa shape index (κ1) is 20.5. The van der Waals surface area contributed by atoms with Crippen LogP contribution < -0.4 is 10.1 Å². The summed E-state index contributed by atoms with van der Waals surface area (Å²) in [5.41, 5.74) is 0.994. The van der Waals surface area contributed by atoms with Gasteiger partial charge in [0.25, 0.3) is 0 Å². The van der Waals surface area contributed by atoms with E-state index < -0.39 is 0 Å². The smallest absolute Gasteiger partial charge is 0.236 e. The van der Waals surface area contributed by atoms with E-state index in [-0.39, 0.29) is 30.3 Å². The maximum atomic E-state index is 12.7. The van der Waals surface area contributed by atoms with Crippen LogP contribution in [0.5, 0.6) is 5.75 Å². The molecule has 1 aromatic carbocycles. The third-order valence-corrected chi connectivity index (χ3v) is 4.91. The van der Waals surface area contributed by atoms with E-state index in [1.807, 2.05) is 41.0 Å². The molecule has 0 aromatic heterocycles. The Labute approximate surface area is 161 Å². The van der Waals surface area contributed by atoms with E-state index in [2.05, 4.69) is 5.32 Å². The summed E-state index contributed by atoms with van der Waals surface area (Å²) in [4.78, 5) is 28.6. The van der Waals surface area contributed by atoms with Crippen LogP contribution in [0.2, 0.25) is 0 Å². The second kappa shape index (κ2) is 9.78. The fraction of sp³-hybridized carbons (Fsp3) is 0.579. The molecule has 0 saturated carbocycles. The van der Waals surface area contributed by atoms with Crippen molar-refractivity contribution in [1.82, 2.24) is 15.1 Å². The van der Waals surface area contributed by atoms with Gasteiger partial charge in [-0.2, -0.15) is 0 Å². The number of hydrogen-bond donors (Lipinski definition) is 1. The molecule has 6 nitrogen and oxygen atoms in total. The summed E-state index contributed by atoms with van der Waals surface area (Å²) >= 11 is 0. The Morgan fingerprint density at radius 2 is 2.04 bits per heavy atom. The minimum Gasteiger partial charge on any atom is -0.494 e. The van der Waals surface area contributed by atoms with Gasteiger partial charge in [-0.3, -0.25) is 9.59 Å². The number of piperazine rings is 1. The number of nitrogens with one attached hydrogen (secondary N) is 1. The van der Waals surface area contributed by atoms with E-state index in [4.69, 9.17) is 4.74 Å². The highest BCUT2D eigenvalue weighted by Crippen LogP contribution is 2.19. The van der Waals surface area contributed by atoms with Gasteiger partial charge in [0.1, 0.15) is 5.75 Å². The van der Waals surface area contributed by atoms with E-state index in [0.29, 0.717) is 26.1 Å². The van der Waals surface area contributed by atoms with Crippen molar-refractivity contribution in [3.05, 3.63) is 29.8 Å². The first-order valence-electron chi connectivity index (χ1n) is 9.17. The predicted octanol–water partition coefficient (Wildman–Crippen LogP) is 1.47. The highest BCUT2D eigenvalue weighted by Gasteiger charge is 2.31. The summed E-state index contributed by atoms with van der Waals surface area (Å²) in [6.07, 6.45) is 2.34. The van der Waals surface area contributed by atoms with Gasteiger partial charge >= 0.3 is 0 Å². The van der Waals surface area contributed by atoms with Gasteiger partial charge in [0.2, 0.25) is 11.8 Å². The quantitative estimate of drug-likeness (QED) is 0.839. The molecule has 0 aliphatic carbocycles. The van der Waals surface area contributed by atoms with Crippen LogP contribution >= 0.6 is 12.4 Å². The monoisotopic (exact) mass is 381 g/mol. The van der Waals surface area contributed by atoms with Gasteiger partial charge in [0, 0.05) is 32.2 Å². The molecule has 0 bridgehead atoms.